The summed E-state index contributed by atoms with van der Waals surface area (Å²) in [5.74, 6) is -2.14. The Morgan fingerprint density at radius 3 is 2.19 bits per heavy atom. The van der Waals surface area contributed by atoms with E-state index in [9.17, 15) is 10.5 Å². The highest BCUT2D eigenvalue weighted by molar-refractivity contribution is 7.99. The van der Waals surface area contributed by atoms with Gasteiger partial charge in [0.15, 0.2) is 17.4 Å². The first-order valence-electron chi connectivity index (χ1n) is 9.29. The molecular formula is C25H14F2N2OS. The zero-order chi connectivity index (χ0) is 22.0. The summed E-state index contributed by atoms with van der Waals surface area (Å²) in [5.41, 5.74) is -0.600. The largest absolute Gasteiger partial charge is 0.453 e. The minimum atomic E-state index is -1.06. The van der Waals surface area contributed by atoms with E-state index in [-0.39, 0.29) is 4.90 Å². The van der Waals surface area contributed by atoms with Crippen molar-refractivity contribution < 1.29 is 13.5 Å². The number of benzene rings is 4. The van der Waals surface area contributed by atoms with Crippen LogP contribution >= 0.6 is 11.8 Å². The standard InChI is InChI=1S/C25H14F2N2OS/c1-15-7-2-5-11-20(15)30-24-22(26)18(13-28)19(14-29)23(27)25(24)31-21-12-6-9-16-8-3-4-10-17(16)21/h2-12H,1H3. The molecule has 31 heavy (non-hydrogen) atoms. The summed E-state index contributed by atoms with van der Waals surface area (Å²) in [6.07, 6.45) is 0. The van der Waals surface area contributed by atoms with Crippen LogP contribution in [0.1, 0.15) is 16.7 Å². The minimum absolute atomic E-state index is 0.187. The van der Waals surface area contributed by atoms with Gasteiger partial charge in [0.05, 0.1) is 4.90 Å². The number of halogens is 2. The fourth-order valence-corrected chi connectivity index (χ4v) is 4.29. The van der Waals surface area contributed by atoms with Crippen LogP contribution in [-0.4, -0.2) is 0 Å². The van der Waals surface area contributed by atoms with Crippen LogP contribution in [0.3, 0.4) is 0 Å². The van der Waals surface area contributed by atoms with Gasteiger partial charge in [0.2, 0.25) is 0 Å². The smallest absolute Gasteiger partial charge is 0.186 e. The molecule has 6 heteroatoms. The summed E-state index contributed by atoms with van der Waals surface area (Å²) >= 11 is 0.958. The van der Waals surface area contributed by atoms with Crippen LogP contribution in [0.25, 0.3) is 10.8 Å². The van der Waals surface area contributed by atoms with Gasteiger partial charge in [0, 0.05) is 4.90 Å². The predicted molar refractivity (Wildman–Crippen MR) is 115 cm³/mol. The van der Waals surface area contributed by atoms with E-state index in [4.69, 9.17) is 4.74 Å². The molecule has 4 aromatic rings. The Morgan fingerprint density at radius 1 is 0.806 bits per heavy atom. The molecular weight excluding hydrogens is 414 g/mol. The Kier molecular flexibility index (Phi) is 5.58. The number of nitriles is 2. The fourth-order valence-electron chi connectivity index (χ4n) is 3.21. The van der Waals surface area contributed by atoms with Crippen molar-refractivity contribution in [2.75, 3.05) is 0 Å². The van der Waals surface area contributed by atoms with Crippen molar-refractivity contribution in [2.24, 2.45) is 0 Å². The lowest BCUT2D eigenvalue weighted by Gasteiger charge is -2.16. The highest BCUT2D eigenvalue weighted by Crippen LogP contribution is 2.45. The number of aryl methyl sites for hydroxylation is 1. The molecule has 3 nitrogen and oxygen atoms in total. The molecule has 0 saturated heterocycles. The molecule has 0 unspecified atom stereocenters. The second-order valence-corrected chi connectivity index (χ2v) is 7.76. The lowest BCUT2D eigenvalue weighted by atomic mass is 10.1. The van der Waals surface area contributed by atoms with Gasteiger partial charge in [-0.3, -0.25) is 0 Å². The van der Waals surface area contributed by atoms with Gasteiger partial charge in [0.1, 0.15) is 29.0 Å². The molecule has 0 aliphatic heterocycles. The Labute approximate surface area is 182 Å². The molecule has 0 amide bonds. The minimum Gasteiger partial charge on any atom is -0.453 e. The summed E-state index contributed by atoms with van der Waals surface area (Å²) in [7, 11) is 0. The van der Waals surface area contributed by atoms with Crippen molar-refractivity contribution in [3.05, 3.63) is 95.1 Å². The van der Waals surface area contributed by atoms with Gasteiger partial charge in [0.25, 0.3) is 0 Å². The zero-order valence-electron chi connectivity index (χ0n) is 16.3. The van der Waals surface area contributed by atoms with Crippen molar-refractivity contribution in [3.8, 4) is 23.6 Å². The molecule has 0 N–H and O–H groups in total. The maximum atomic E-state index is 15.4. The number of fused-ring (bicyclic) bond motifs is 1. The van der Waals surface area contributed by atoms with Crippen molar-refractivity contribution >= 4 is 22.5 Å². The molecule has 0 aromatic heterocycles. The normalized spacial score (nSPS) is 10.5. The highest BCUT2D eigenvalue weighted by atomic mass is 32.2. The second kappa shape index (κ2) is 8.47. The van der Waals surface area contributed by atoms with Crippen LogP contribution in [0.15, 0.2) is 76.5 Å². The molecule has 0 heterocycles. The molecule has 0 spiro atoms. The first-order chi connectivity index (χ1) is 15.0. The first kappa shape index (κ1) is 20.4. The molecule has 0 atom stereocenters. The van der Waals surface area contributed by atoms with Crippen LogP contribution in [0, 0.1) is 41.2 Å². The summed E-state index contributed by atoms with van der Waals surface area (Å²) in [5, 5.41) is 20.5. The summed E-state index contributed by atoms with van der Waals surface area (Å²) in [4.78, 5) is 0.479. The van der Waals surface area contributed by atoms with Crippen molar-refractivity contribution in [3.63, 3.8) is 0 Å². The van der Waals surface area contributed by atoms with Crippen LogP contribution < -0.4 is 4.74 Å². The molecule has 0 aliphatic carbocycles. The monoisotopic (exact) mass is 428 g/mol. The Bertz CT molecular complexity index is 1400. The van der Waals surface area contributed by atoms with Gasteiger partial charge in [-0.1, -0.05) is 66.4 Å². The number of nitrogens with zero attached hydrogens (tertiary/aromatic N) is 2. The molecule has 0 bridgehead atoms. The number of rotatable bonds is 4. The van der Waals surface area contributed by atoms with Gasteiger partial charge in [-0.25, -0.2) is 8.78 Å². The molecule has 0 fully saturated rings. The molecule has 0 radical (unpaired) electrons. The van der Waals surface area contributed by atoms with Gasteiger partial charge >= 0.3 is 0 Å². The van der Waals surface area contributed by atoms with Crippen molar-refractivity contribution in [2.45, 2.75) is 16.7 Å². The van der Waals surface area contributed by atoms with Gasteiger partial charge < -0.3 is 4.74 Å². The maximum absolute atomic E-state index is 15.4. The number of hydrogen-bond acceptors (Lipinski definition) is 4. The molecule has 4 aromatic carbocycles. The SMILES string of the molecule is Cc1ccccc1Oc1c(F)c(C#N)c(C#N)c(F)c1Sc1cccc2ccccc12. The Balaban J connectivity index is 1.95. The van der Waals surface area contributed by atoms with E-state index in [0.29, 0.717) is 16.2 Å². The second-order valence-electron chi connectivity index (χ2n) is 6.71. The van der Waals surface area contributed by atoms with E-state index >= 15 is 8.78 Å². The van der Waals surface area contributed by atoms with E-state index in [0.717, 1.165) is 22.5 Å². The number of para-hydroxylation sites is 1. The number of hydrogen-bond donors (Lipinski definition) is 0. The highest BCUT2D eigenvalue weighted by Gasteiger charge is 2.28. The van der Waals surface area contributed by atoms with Gasteiger partial charge in [-0.05, 0) is 35.4 Å². The third-order valence-electron chi connectivity index (χ3n) is 4.78. The predicted octanol–water partition coefficient (Wildman–Crippen LogP) is 7.11. The van der Waals surface area contributed by atoms with E-state index in [1.54, 1.807) is 49.4 Å². The van der Waals surface area contributed by atoms with Crippen LogP contribution in [-0.2, 0) is 0 Å². The third-order valence-corrected chi connectivity index (χ3v) is 5.93. The number of ether oxygens (including phenoxy) is 1. The summed E-state index contributed by atoms with van der Waals surface area (Å²) in [6, 6.07) is 23.2. The van der Waals surface area contributed by atoms with Crippen LogP contribution in [0.2, 0.25) is 0 Å². The van der Waals surface area contributed by atoms with Crippen molar-refractivity contribution in [1.82, 2.24) is 0 Å². The Morgan fingerprint density at radius 2 is 1.45 bits per heavy atom. The lowest BCUT2D eigenvalue weighted by Crippen LogP contribution is -2.03. The lowest BCUT2D eigenvalue weighted by molar-refractivity contribution is 0.416. The Hall–Kier alpha value is -3.87. The van der Waals surface area contributed by atoms with Gasteiger partial charge in [-0.2, -0.15) is 10.5 Å². The van der Waals surface area contributed by atoms with E-state index < -0.39 is 28.5 Å². The molecule has 0 aliphatic rings. The zero-order valence-corrected chi connectivity index (χ0v) is 17.1. The summed E-state index contributed by atoms with van der Waals surface area (Å²) < 4.78 is 36.5. The fraction of sp³-hybridized carbons (Fsp3) is 0.0400. The van der Waals surface area contributed by atoms with Crippen LogP contribution in [0.5, 0.6) is 11.5 Å². The van der Waals surface area contributed by atoms with Crippen LogP contribution in [0.4, 0.5) is 8.78 Å². The first-order valence-corrected chi connectivity index (χ1v) is 10.1. The third kappa shape index (κ3) is 3.70. The summed E-state index contributed by atoms with van der Waals surface area (Å²) in [6.45, 7) is 1.77. The van der Waals surface area contributed by atoms with E-state index in [1.807, 2.05) is 36.4 Å². The average molecular weight is 428 g/mol. The topological polar surface area (TPSA) is 56.8 Å². The molecule has 150 valence electrons. The molecule has 0 saturated carbocycles. The maximum Gasteiger partial charge on any atom is 0.186 e. The van der Waals surface area contributed by atoms with E-state index in [2.05, 4.69) is 0 Å². The van der Waals surface area contributed by atoms with Gasteiger partial charge in [-0.15, -0.1) is 0 Å². The average Bonchev–Trinajstić information content (AvgIpc) is 2.79. The molecule has 4 rings (SSSR count). The quantitative estimate of drug-likeness (QED) is 0.347. The van der Waals surface area contributed by atoms with Crippen molar-refractivity contribution in [1.29, 1.82) is 10.5 Å². The van der Waals surface area contributed by atoms with E-state index in [1.165, 1.54) is 0 Å².